The summed E-state index contributed by atoms with van der Waals surface area (Å²) in [5, 5.41) is 10.1. The van der Waals surface area contributed by atoms with Crippen LogP contribution >= 0.6 is 0 Å². The summed E-state index contributed by atoms with van der Waals surface area (Å²) in [4.78, 5) is 1.51. The zero-order valence-corrected chi connectivity index (χ0v) is 14.8. The lowest BCUT2D eigenvalue weighted by atomic mass is 9.99. The van der Waals surface area contributed by atoms with E-state index in [0.29, 0.717) is 19.8 Å². The number of piperidine rings is 1. The van der Waals surface area contributed by atoms with Crippen LogP contribution in [0.1, 0.15) is 30.9 Å². The maximum atomic E-state index is 10.1. The van der Waals surface area contributed by atoms with E-state index < -0.39 is 0 Å². The van der Waals surface area contributed by atoms with Crippen molar-refractivity contribution in [1.82, 2.24) is 0 Å². The van der Waals surface area contributed by atoms with Gasteiger partial charge in [0.05, 0.1) is 26.3 Å². The van der Waals surface area contributed by atoms with Crippen molar-refractivity contribution >= 4 is 0 Å². The highest BCUT2D eigenvalue weighted by molar-refractivity contribution is 5.33. The van der Waals surface area contributed by atoms with Crippen LogP contribution in [-0.4, -0.2) is 50.7 Å². The number of aryl methyl sites for hydroxylation is 2. The predicted molar refractivity (Wildman–Crippen MR) is 92.2 cm³/mol. The lowest BCUT2D eigenvalue weighted by molar-refractivity contribution is -0.909. The lowest BCUT2D eigenvalue weighted by Gasteiger charge is -2.28. The molecule has 0 saturated carbocycles. The molecule has 1 aliphatic rings. The van der Waals surface area contributed by atoms with E-state index in [2.05, 4.69) is 26.8 Å². The molecule has 1 saturated heterocycles. The van der Waals surface area contributed by atoms with Gasteiger partial charge in [-0.15, -0.1) is 0 Å². The zero-order valence-electron chi connectivity index (χ0n) is 14.8. The number of quaternary nitrogens is 1. The Balaban J connectivity index is 1.55. The Labute approximate surface area is 140 Å². The van der Waals surface area contributed by atoms with Crippen LogP contribution in [0.15, 0.2) is 18.2 Å². The highest BCUT2D eigenvalue weighted by Crippen LogP contribution is 2.16. The highest BCUT2D eigenvalue weighted by atomic mass is 16.5. The third-order valence-electron chi connectivity index (χ3n) is 4.79. The Morgan fingerprint density at radius 2 is 1.91 bits per heavy atom. The summed E-state index contributed by atoms with van der Waals surface area (Å²) in [6.07, 6.45) is 2.17. The van der Waals surface area contributed by atoms with Crippen LogP contribution in [0.4, 0.5) is 0 Å². The van der Waals surface area contributed by atoms with Crippen LogP contribution in [0.3, 0.4) is 0 Å². The van der Waals surface area contributed by atoms with Gasteiger partial charge in [0, 0.05) is 0 Å². The van der Waals surface area contributed by atoms with E-state index in [9.17, 15) is 5.11 Å². The minimum Gasteiger partial charge on any atom is -0.491 e. The molecule has 0 amide bonds. The molecule has 1 atom stereocenters. The summed E-state index contributed by atoms with van der Waals surface area (Å²) in [5.41, 5.74) is 2.50. The van der Waals surface area contributed by atoms with Crippen LogP contribution in [0.25, 0.3) is 0 Å². The maximum Gasteiger partial charge on any atom is 0.126 e. The number of benzene rings is 1. The second-order valence-corrected chi connectivity index (χ2v) is 6.96. The molecule has 4 nitrogen and oxygen atoms in total. The molecular weight excluding hydrogens is 290 g/mol. The molecule has 0 aromatic heterocycles. The first-order valence-electron chi connectivity index (χ1n) is 8.84. The monoisotopic (exact) mass is 322 g/mol. The summed E-state index contributed by atoms with van der Waals surface area (Å²) in [5.74, 6) is 1.72. The van der Waals surface area contributed by atoms with Gasteiger partial charge < -0.3 is 19.5 Å². The van der Waals surface area contributed by atoms with E-state index in [1.165, 1.54) is 42.0 Å². The Morgan fingerprint density at radius 1 is 1.17 bits per heavy atom. The van der Waals surface area contributed by atoms with Gasteiger partial charge in [-0.05, 0) is 55.9 Å². The van der Waals surface area contributed by atoms with E-state index in [4.69, 9.17) is 9.47 Å². The van der Waals surface area contributed by atoms with E-state index in [0.717, 1.165) is 18.2 Å². The van der Waals surface area contributed by atoms with E-state index >= 15 is 0 Å². The van der Waals surface area contributed by atoms with Crippen LogP contribution in [0.5, 0.6) is 5.75 Å². The molecule has 4 heteroatoms. The zero-order chi connectivity index (χ0) is 16.7. The quantitative estimate of drug-likeness (QED) is 0.711. The van der Waals surface area contributed by atoms with Crippen molar-refractivity contribution in [3.05, 3.63) is 29.3 Å². The molecule has 1 aromatic rings. The van der Waals surface area contributed by atoms with Gasteiger partial charge >= 0.3 is 0 Å². The van der Waals surface area contributed by atoms with Gasteiger partial charge in [-0.25, -0.2) is 0 Å². The van der Waals surface area contributed by atoms with Gasteiger partial charge in [-0.3, -0.25) is 0 Å². The number of rotatable bonds is 8. The standard InChI is InChI=1S/C19H31NO3/c1-15-6-8-20(9-7-15)13-18(21)14-22-10-11-23-19-5-4-16(2)17(3)12-19/h4-5,12,15,18,21H,6-11,13-14H2,1-3H3/p+1/t18-/m1/s1. The average Bonchev–Trinajstić information content (AvgIpc) is 2.53. The number of hydrogen-bond donors (Lipinski definition) is 2. The second kappa shape index (κ2) is 9.26. The largest absolute Gasteiger partial charge is 0.491 e. The molecule has 2 rings (SSSR count). The van der Waals surface area contributed by atoms with Gasteiger partial charge in [0.1, 0.15) is 25.0 Å². The highest BCUT2D eigenvalue weighted by Gasteiger charge is 2.21. The van der Waals surface area contributed by atoms with Crippen LogP contribution in [0.2, 0.25) is 0 Å². The van der Waals surface area contributed by atoms with Crippen molar-refractivity contribution in [3.63, 3.8) is 0 Å². The topological polar surface area (TPSA) is 43.1 Å². The summed E-state index contributed by atoms with van der Waals surface area (Å²) < 4.78 is 11.2. The third-order valence-corrected chi connectivity index (χ3v) is 4.79. The molecule has 1 fully saturated rings. The van der Waals surface area contributed by atoms with E-state index in [1.54, 1.807) is 0 Å². The molecular formula is C19H32NO3+. The van der Waals surface area contributed by atoms with Crippen LogP contribution in [0, 0.1) is 19.8 Å². The summed E-state index contributed by atoms with van der Waals surface area (Å²) in [6.45, 7) is 11.1. The minimum atomic E-state index is -0.375. The van der Waals surface area contributed by atoms with Gasteiger partial charge in [-0.2, -0.15) is 0 Å². The third kappa shape index (κ3) is 6.50. The molecule has 0 unspecified atom stereocenters. The molecule has 1 aromatic carbocycles. The molecule has 2 N–H and O–H groups in total. The summed E-state index contributed by atoms with van der Waals surface area (Å²) in [6, 6.07) is 6.10. The van der Waals surface area contributed by atoms with Crippen LogP contribution < -0.4 is 9.64 Å². The van der Waals surface area contributed by atoms with Gasteiger partial charge in [0.2, 0.25) is 0 Å². The van der Waals surface area contributed by atoms with Crippen LogP contribution in [-0.2, 0) is 4.74 Å². The number of aliphatic hydroxyl groups is 1. The number of likely N-dealkylation sites (tertiary alicyclic amines) is 1. The summed E-state index contributed by atoms with van der Waals surface area (Å²) in [7, 11) is 0. The first kappa shape index (κ1) is 18.2. The van der Waals surface area contributed by atoms with Crippen molar-refractivity contribution in [3.8, 4) is 5.75 Å². The molecule has 0 radical (unpaired) electrons. The Morgan fingerprint density at radius 3 is 2.61 bits per heavy atom. The number of hydrogen-bond acceptors (Lipinski definition) is 3. The van der Waals surface area contributed by atoms with Gasteiger partial charge in [-0.1, -0.05) is 13.0 Å². The Kier molecular flexibility index (Phi) is 7.34. The van der Waals surface area contributed by atoms with E-state index in [1.807, 2.05) is 12.1 Å². The SMILES string of the molecule is Cc1ccc(OCCOC[C@H](O)C[NH+]2CCC(C)CC2)cc1C. The number of ether oxygens (including phenoxy) is 2. The average molecular weight is 322 g/mol. The molecule has 0 bridgehead atoms. The van der Waals surface area contributed by atoms with Gasteiger partial charge in [0.15, 0.2) is 0 Å². The van der Waals surface area contributed by atoms with Crippen molar-refractivity contribution in [2.45, 2.75) is 39.7 Å². The molecule has 1 aliphatic heterocycles. The molecule has 0 aliphatic carbocycles. The Hall–Kier alpha value is -1.10. The van der Waals surface area contributed by atoms with Crippen molar-refractivity contribution in [2.24, 2.45) is 5.92 Å². The predicted octanol–water partition coefficient (Wildman–Crippen LogP) is 1.37. The first-order chi connectivity index (χ1) is 11.0. The molecule has 1 heterocycles. The Bertz CT molecular complexity index is 470. The molecule has 0 spiro atoms. The van der Waals surface area contributed by atoms with E-state index in [-0.39, 0.29) is 6.10 Å². The minimum absolute atomic E-state index is 0.375. The number of nitrogens with one attached hydrogen (secondary N) is 1. The lowest BCUT2D eigenvalue weighted by Crippen LogP contribution is -3.14. The van der Waals surface area contributed by atoms with Crippen molar-refractivity contribution in [2.75, 3.05) is 39.5 Å². The first-order valence-corrected chi connectivity index (χ1v) is 8.84. The van der Waals surface area contributed by atoms with Crippen molar-refractivity contribution < 1.29 is 19.5 Å². The fraction of sp³-hybridized carbons (Fsp3) is 0.684. The number of aliphatic hydroxyl groups excluding tert-OH is 1. The summed E-state index contributed by atoms with van der Waals surface area (Å²) >= 11 is 0. The fourth-order valence-corrected chi connectivity index (χ4v) is 3.01. The fourth-order valence-electron chi connectivity index (χ4n) is 3.01. The van der Waals surface area contributed by atoms with Gasteiger partial charge in [0.25, 0.3) is 0 Å². The second-order valence-electron chi connectivity index (χ2n) is 6.96. The molecule has 130 valence electrons. The smallest absolute Gasteiger partial charge is 0.126 e. The molecule has 23 heavy (non-hydrogen) atoms. The normalized spacial score (nSPS) is 22.8. The van der Waals surface area contributed by atoms with Crippen molar-refractivity contribution in [1.29, 1.82) is 0 Å². The maximum absolute atomic E-state index is 10.1.